The molecule has 2 aliphatic rings. The molecule has 1 unspecified atom stereocenters. The summed E-state index contributed by atoms with van der Waals surface area (Å²) in [5, 5.41) is 0.547. The molecule has 0 bridgehead atoms. The van der Waals surface area contributed by atoms with Crippen LogP contribution in [0, 0.1) is 5.92 Å². The van der Waals surface area contributed by atoms with Gasteiger partial charge in [-0.2, -0.15) is 13.2 Å². The fourth-order valence-corrected chi connectivity index (χ4v) is 3.68. The van der Waals surface area contributed by atoms with E-state index in [1.165, 1.54) is 22.1 Å². The van der Waals surface area contributed by atoms with Crippen molar-refractivity contribution in [2.45, 2.75) is 18.7 Å². The third-order valence-corrected chi connectivity index (χ3v) is 5.38. The topological polar surface area (TPSA) is 62.7 Å². The first-order valence-electron chi connectivity index (χ1n) is 9.26. The van der Waals surface area contributed by atoms with Crippen LogP contribution in [0.5, 0.6) is 5.88 Å². The second kappa shape index (κ2) is 7.79. The van der Waals surface area contributed by atoms with Crippen LogP contribution in [0.3, 0.4) is 0 Å². The van der Waals surface area contributed by atoms with Crippen molar-refractivity contribution in [1.29, 1.82) is 0 Å². The summed E-state index contributed by atoms with van der Waals surface area (Å²) >= 11 is 5.87. The van der Waals surface area contributed by atoms with Gasteiger partial charge >= 0.3 is 6.18 Å². The highest BCUT2D eigenvalue weighted by Gasteiger charge is 2.42. The lowest BCUT2D eigenvalue weighted by Crippen LogP contribution is -2.58. The Morgan fingerprint density at radius 1 is 1.13 bits per heavy atom. The summed E-state index contributed by atoms with van der Waals surface area (Å²) in [6.07, 6.45) is -3.84. The van der Waals surface area contributed by atoms with Crippen molar-refractivity contribution in [2.24, 2.45) is 5.92 Å². The van der Waals surface area contributed by atoms with E-state index in [1.54, 1.807) is 24.3 Å². The molecule has 2 aromatic rings. The Morgan fingerprint density at radius 2 is 1.83 bits per heavy atom. The number of carbonyl (C=O) groups is 2. The predicted octanol–water partition coefficient (Wildman–Crippen LogP) is 3.40. The summed E-state index contributed by atoms with van der Waals surface area (Å²) in [5.41, 5.74) is -0.283. The summed E-state index contributed by atoms with van der Waals surface area (Å²) < 4.78 is 44.5. The summed E-state index contributed by atoms with van der Waals surface area (Å²) in [7, 11) is 0. The molecule has 1 aromatic heterocycles. The molecule has 4 rings (SSSR count). The molecule has 2 aliphatic heterocycles. The number of pyridine rings is 1. The molecule has 0 aliphatic carbocycles. The van der Waals surface area contributed by atoms with Gasteiger partial charge in [-0.3, -0.25) is 9.59 Å². The number of ether oxygens (including phenoxy) is 1. The first-order valence-corrected chi connectivity index (χ1v) is 9.64. The highest BCUT2D eigenvalue weighted by molar-refractivity contribution is 6.30. The van der Waals surface area contributed by atoms with Crippen molar-refractivity contribution in [3.63, 3.8) is 0 Å². The van der Waals surface area contributed by atoms with Gasteiger partial charge in [0.25, 0.3) is 0 Å². The van der Waals surface area contributed by atoms with Gasteiger partial charge in [-0.15, -0.1) is 0 Å². The van der Waals surface area contributed by atoms with E-state index in [0.717, 1.165) is 6.07 Å². The molecule has 2 fully saturated rings. The zero-order valence-electron chi connectivity index (χ0n) is 15.6. The molecule has 1 atom stereocenters. The van der Waals surface area contributed by atoms with E-state index < -0.39 is 29.6 Å². The van der Waals surface area contributed by atoms with Crippen molar-refractivity contribution in [3.05, 3.63) is 53.2 Å². The van der Waals surface area contributed by atoms with Crippen molar-refractivity contribution in [3.8, 4) is 5.88 Å². The van der Waals surface area contributed by atoms with E-state index in [0.29, 0.717) is 10.7 Å². The van der Waals surface area contributed by atoms with Crippen LogP contribution in [-0.4, -0.2) is 47.4 Å². The highest BCUT2D eigenvalue weighted by atomic mass is 35.5. The van der Waals surface area contributed by atoms with Crippen LogP contribution in [0.1, 0.15) is 12.0 Å². The number of alkyl halides is 3. The second-order valence-electron chi connectivity index (χ2n) is 7.22. The number of hydrogen-bond acceptors (Lipinski definition) is 4. The molecule has 2 saturated heterocycles. The Labute approximate surface area is 175 Å². The SMILES string of the molecule is O=C(C1CC(=O)N(c2ccc(Cl)cc2)C1)N1CC(Oc2ncccc2C(F)(F)F)C1. The molecule has 0 N–H and O–H groups in total. The van der Waals surface area contributed by atoms with Crippen molar-refractivity contribution >= 4 is 29.1 Å². The van der Waals surface area contributed by atoms with Gasteiger partial charge < -0.3 is 14.5 Å². The Balaban J connectivity index is 1.34. The number of aromatic nitrogens is 1. The molecule has 10 heteroatoms. The number of likely N-dealkylation sites (tertiary alicyclic amines) is 1. The molecule has 0 radical (unpaired) electrons. The molecule has 6 nitrogen and oxygen atoms in total. The lowest BCUT2D eigenvalue weighted by Gasteiger charge is -2.40. The predicted molar refractivity (Wildman–Crippen MR) is 102 cm³/mol. The first kappa shape index (κ1) is 20.5. The van der Waals surface area contributed by atoms with Crippen LogP contribution in [0.2, 0.25) is 5.02 Å². The molecule has 3 heterocycles. The smallest absolute Gasteiger partial charge is 0.421 e. The zero-order chi connectivity index (χ0) is 21.5. The van der Waals surface area contributed by atoms with Crippen LogP contribution >= 0.6 is 11.6 Å². The number of carbonyl (C=O) groups excluding carboxylic acids is 2. The second-order valence-corrected chi connectivity index (χ2v) is 7.66. The van der Waals surface area contributed by atoms with Gasteiger partial charge in [0, 0.05) is 29.9 Å². The Hall–Kier alpha value is -2.81. The van der Waals surface area contributed by atoms with Gasteiger partial charge in [-0.25, -0.2) is 4.98 Å². The summed E-state index contributed by atoms with van der Waals surface area (Å²) in [6, 6.07) is 8.86. The van der Waals surface area contributed by atoms with Crippen LogP contribution in [0.15, 0.2) is 42.6 Å². The molecule has 0 spiro atoms. The Kier molecular flexibility index (Phi) is 5.31. The van der Waals surface area contributed by atoms with Crippen molar-refractivity contribution in [2.75, 3.05) is 24.5 Å². The summed E-state index contributed by atoms with van der Waals surface area (Å²) in [5.74, 6) is -1.37. The van der Waals surface area contributed by atoms with Gasteiger partial charge in [0.05, 0.1) is 19.0 Å². The molecule has 0 saturated carbocycles. The zero-order valence-corrected chi connectivity index (χ0v) is 16.4. The van der Waals surface area contributed by atoms with Gasteiger partial charge in [-0.05, 0) is 36.4 Å². The maximum Gasteiger partial charge on any atom is 0.421 e. The minimum Gasteiger partial charge on any atom is -0.470 e. The quantitative estimate of drug-likeness (QED) is 0.732. The van der Waals surface area contributed by atoms with Crippen molar-refractivity contribution in [1.82, 2.24) is 9.88 Å². The monoisotopic (exact) mass is 439 g/mol. The fraction of sp³-hybridized carbons (Fsp3) is 0.350. The van der Waals surface area contributed by atoms with E-state index in [-0.39, 0.29) is 37.9 Å². The number of hydrogen-bond donors (Lipinski definition) is 0. The molecule has 2 amide bonds. The van der Waals surface area contributed by atoms with E-state index in [2.05, 4.69) is 4.98 Å². The lowest BCUT2D eigenvalue weighted by molar-refractivity contribution is -0.147. The minimum absolute atomic E-state index is 0.0853. The van der Waals surface area contributed by atoms with Gasteiger partial charge in [0.15, 0.2) is 0 Å². The number of amides is 2. The van der Waals surface area contributed by atoms with Crippen molar-refractivity contribution < 1.29 is 27.5 Å². The van der Waals surface area contributed by atoms with E-state index >= 15 is 0 Å². The highest BCUT2D eigenvalue weighted by Crippen LogP contribution is 2.36. The number of halogens is 4. The van der Waals surface area contributed by atoms with Crippen LogP contribution in [0.4, 0.5) is 18.9 Å². The van der Waals surface area contributed by atoms with Gasteiger partial charge in [0.2, 0.25) is 17.7 Å². The number of benzene rings is 1. The van der Waals surface area contributed by atoms with Crippen LogP contribution < -0.4 is 9.64 Å². The standard InChI is InChI=1S/C20H17ClF3N3O3/c21-13-3-5-14(6-4-13)27-9-12(8-17(27)28)19(29)26-10-15(11-26)30-18-16(20(22,23)24)2-1-7-25-18/h1-7,12,15H,8-11H2. The minimum atomic E-state index is -4.57. The average Bonchev–Trinajstić information content (AvgIpc) is 3.06. The molecule has 158 valence electrons. The fourth-order valence-electron chi connectivity index (χ4n) is 3.55. The largest absolute Gasteiger partial charge is 0.470 e. The van der Waals surface area contributed by atoms with Crippen LogP contribution in [0.25, 0.3) is 0 Å². The number of anilines is 1. The summed E-state index contributed by atoms with van der Waals surface area (Å²) in [4.78, 5) is 31.7. The summed E-state index contributed by atoms with van der Waals surface area (Å²) in [6.45, 7) is 0.552. The molecular weight excluding hydrogens is 423 g/mol. The van der Waals surface area contributed by atoms with E-state index in [4.69, 9.17) is 16.3 Å². The third kappa shape index (κ3) is 4.07. The molecule has 1 aromatic carbocycles. The third-order valence-electron chi connectivity index (χ3n) is 5.13. The van der Waals surface area contributed by atoms with Gasteiger partial charge in [0.1, 0.15) is 11.7 Å². The maximum atomic E-state index is 13.0. The molecule has 30 heavy (non-hydrogen) atoms. The van der Waals surface area contributed by atoms with Crippen LogP contribution in [-0.2, 0) is 15.8 Å². The van der Waals surface area contributed by atoms with E-state index in [1.807, 2.05) is 0 Å². The van der Waals surface area contributed by atoms with E-state index in [9.17, 15) is 22.8 Å². The number of rotatable bonds is 4. The lowest BCUT2D eigenvalue weighted by atomic mass is 10.0. The Morgan fingerprint density at radius 3 is 2.50 bits per heavy atom. The normalized spacial score (nSPS) is 19.7. The maximum absolute atomic E-state index is 13.0. The molecular formula is C20H17ClF3N3O3. The Bertz CT molecular complexity index is 962. The first-order chi connectivity index (χ1) is 14.2. The average molecular weight is 440 g/mol. The number of nitrogens with zero attached hydrogens (tertiary/aromatic N) is 3. The van der Waals surface area contributed by atoms with Gasteiger partial charge in [-0.1, -0.05) is 11.6 Å².